The minimum Gasteiger partial charge on any atom is -0.343 e. The quantitative estimate of drug-likeness (QED) is 0.914. The summed E-state index contributed by atoms with van der Waals surface area (Å²) < 4.78 is 2.27. The SMILES string of the molecule is Cc1ccccc1CCC(=O)N1CCC(c2nnc3n2CCNC3)CC1. The highest BCUT2D eigenvalue weighted by molar-refractivity contribution is 5.76. The summed E-state index contributed by atoms with van der Waals surface area (Å²) in [7, 11) is 0. The average molecular weight is 353 g/mol. The van der Waals surface area contributed by atoms with Crippen LogP contribution in [-0.4, -0.2) is 45.2 Å². The van der Waals surface area contributed by atoms with Crippen LogP contribution >= 0.6 is 0 Å². The molecule has 2 aliphatic rings. The second kappa shape index (κ2) is 7.58. The van der Waals surface area contributed by atoms with Gasteiger partial charge in [0.1, 0.15) is 11.6 Å². The van der Waals surface area contributed by atoms with Crippen LogP contribution in [0.3, 0.4) is 0 Å². The van der Waals surface area contributed by atoms with Crippen molar-refractivity contribution in [1.82, 2.24) is 25.0 Å². The zero-order valence-electron chi connectivity index (χ0n) is 15.4. The smallest absolute Gasteiger partial charge is 0.222 e. The molecule has 26 heavy (non-hydrogen) atoms. The van der Waals surface area contributed by atoms with Crippen molar-refractivity contribution < 1.29 is 4.79 Å². The molecule has 1 fully saturated rings. The maximum absolute atomic E-state index is 12.6. The molecule has 0 unspecified atom stereocenters. The van der Waals surface area contributed by atoms with Crippen molar-refractivity contribution >= 4 is 5.91 Å². The molecule has 0 atom stereocenters. The number of carbonyl (C=O) groups is 1. The zero-order valence-corrected chi connectivity index (χ0v) is 15.4. The van der Waals surface area contributed by atoms with E-state index in [1.54, 1.807) is 0 Å². The predicted molar refractivity (Wildman–Crippen MR) is 99.8 cm³/mol. The summed E-state index contributed by atoms with van der Waals surface area (Å²) >= 11 is 0. The van der Waals surface area contributed by atoms with Crippen LogP contribution in [0.5, 0.6) is 0 Å². The monoisotopic (exact) mass is 353 g/mol. The number of rotatable bonds is 4. The Hall–Kier alpha value is -2.21. The maximum Gasteiger partial charge on any atom is 0.222 e. The number of likely N-dealkylation sites (tertiary alicyclic amines) is 1. The van der Waals surface area contributed by atoms with Gasteiger partial charge in [0.05, 0.1) is 6.54 Å². The lowest BCUT2D eigenvalue weighted by Crippen LogP contribution is -2.39. The highest BCUT2D eigenvalue weighted by Gasteiger charge is 2.28. The summed E-state index contributed by atoms with van der Waals surface area (Å²) in [6.45, 7) is 6.51. The summed E-state index contributed by atoms with van der Waals surface area (Å²) in [5, 5.41) is 12.1. The fraction of sp³-hybridized carbons (Fsp3) is 0.550. The van der Waals surface area contributed by atoms with Gasteiger partial charge < -0.3 is 14.8 Å². The Kier molecular flexibility index (Phi) is 5.02. The number of hydrogen-bond acceptors (Lipinski definition) is 4. The minimum absolute atomic E-state index is 0.277. The van der Waals surface area contributed by atoms with Gasteiger partial charge in [0, 0.05) is 38.5 Å². The fourth-order valence-corrected chi connectivity index (χ4v) is 4.09. The number of piperidine rings is 1. The van der Waals surface area contributed by atoms with E-state index in [2.05, 4.69) is 39.1 Å². The van der Waals surface area contributed by atoms with Crippen molar-refractivity contribution in [3.63, 3.8) is 0 Å². The molecule has 138 valence electrons. The Labute approximate surface area is 154 Å². The van der Waals surface area contributed by atoms with Gasteiger partial charge in [-0.2, -0.15) is 0 Å². The highest BCUT2D eigenvalue weighted by atomic mass is 16.2. The molecule has 1 saturated heterocycles. The van der Waals surface area contributed by atoms with Crippen LogP contribution in [0.1, 0.15) is 48.0 Å². The van der Waals surface area contributed by atoms with Gasteiger partial charge in [0.15, 0.2) is 0 Å². The standard InChI is InChI=1S/C20H27N5O/c1-15-4-2-3-5-16(15)6-7-19(26)24-11-8-17(9-12-24)20-23-22-18-14-21-10-13-25(18)20/h2-5,17,21H,6-14H2,1H3. The first-order chi connectivity index (χ1) is 12.7. The number of fused-ring (bicyclic) bond motifs is 1. The van der Waals surface area contributed by atoms with Crippen LogP contribution in [0.25, 0.3) is 0 Å². The zero-order chi connectivity index (χ0) is 17.9. The highest BCUT2D eigenvalue weighted by Crippen LogP contribution is 2.28. The Bertz CT molecular complexity index is 776. The molecule has 1 N–H and O–H groups in total. The molecular weight excluding hydrogens is 326 g/mol. The number of amides is 1. The van der Waals surface area contributed by atoms with Gasteiger partial charge in [0.2, 0.25) is 5.91 Å². The topological polar surface area (TPSA) is 63.1 Å². The van der Waals surface area contributed by atoms with Crippen molar-refractivity contribution in [1.29, 1.82) is 0 Å². The normalized spacial score (nSPS) is 18.0. The molecule has 2 aliphatic heterocycles. The number of benzene rings is 1. The van der Waals surface area contributed by atoms with E-state index >= 15 is 0 Å². The van der Waals surface area contributed by atoms with Gasteiger partial charge in [-0.3, -0.25) is 4.79 Å². The molecule has 6 nitrogen and oxygen atoms in total. The van der Waals surface area contributed by atoms with Crippen molar-refractivity contribution in [2.45, 2.75) is 51.6 Å². The molecule has 4 rings (SSSR count). The first-order valence-electron chi connectivity index (χ1n) is 9.67. The Balaban J connectivity index is 1.31. The summed E-state index contributed by atoms with van der Waals surface area (Å²) in [5.74, 6) is 2.87. The molecule has 0 aliphatic carbocycles. The molecule has 0 radical (unpaired) electrons. The third-order valence-corrected chi connectivity index (χ3v) is 5.73. The van der Waals surface area contributed by atoms with Crippen LogP contribution in [0.4, 0.5) is 0 Å². The molecule has 0 spiro atoms. The van der Waals surface area contributed by atoms with Crippen molar-refractivity contribution in [3.05, 3.63) is 47.0 Å². The van der Waals surface area contributed by atoms with Crippen molar-refractivity contribution in [2.24, 2.45) is 0 Å². The van der Waals surface area contributed by atoms with Gasteiger partial charge in [-0.1, -0.05) is 24.3 Å². The van der Waals surface area contributed by atoms with Gasteiger partial charge in [-0.05, 0) is 37.3 Å². The van der Waals surface area contributed by atoms with Crippen LogP contribution < -0.4 is 5.32 Å². The van der Waals surface area contributed by atoms with Crippen molar-refractivity contribution in [2.75, 3.05) is 19.6 Å². The first kappa shape index (κ1) is 17.2. The van der Waals surface area contributed by atoms with Gasteiger partial charge in [-0.25, -0.2) is 0 Å². The summed E-state index contributed by atoms with van der Waals surface area (Å²) in [5.41, 5.74) is 2.55. The van der Waals surface area contributed by atoms with E-state index in [9.17, 15) is 4.79 Å². The van der Waals surface area contributed by atoms with Gasteiger partial charge in [-0.15, -0.1) is 10.2 Å². The fourth-order valence-electron chi connectivity index (χ4n) is 4.09. The number of aromatic nitrogens is 3. The lowest BCUT2D eigenvalue weighted by Gasteiger charge is -2.32. The van der Waals surface area contributed by atoms with E-state index in [0.717, 1.165) is 63.6 Å². The van der Waals surface area contributed by atoms with Crippen LogP contribution in [-0.2, 0) is 24.3 Å². The molecule has 2 aromatic rings. The van der Waals surface area contributed by atoms with Gasteiger partial charge >= 0.3 is 0 Å². The van der Waals surface area contributed by atoms with Gasteiger partial charge in [0.25, 0.3) is 0 Å². The Morgan fingerprint density at radius 3 is 2.81 bits per heavy atom. The average Bonchev–Trinajstić information content (AvgIpc) is 3.11. The van der Waals surface area contributed by atoms with E-state index in [0.29, 0.717) is 12.3 Å². The molecular formula is C20H27N5O. The third-order valence-electron chi connectivity index (χ3n) is 5.73. The predicted octanol–water partition coefficient (Wildman–Crippen LogP) is 2.03. The lowest BCUT2D eigenvalue weighted by molar-refractivity contribution is -0.132. The summed E-state index contributed by atoms with van der Waals surface area (Å²) in [4.78, 5) is 14.6. The van der Waals surface area contributed by atoms with E-state index in [-0.39, 0.29) is 5.91 Å². The summed E-state index contributed by atoms with van der Waals surface area (Å²) in [6, 6.07) is 8.33. The molecule has 6 heteroatoms. The number of aryl methyl sites for hydroxylation is 2. The molecule has 1 aromatic carbocycles. The van der Waals surface area contributed by atoms with E-state index in [1.165, 1.54) is 11.1 Å². The number of nitrogens with zero attached hydrogens (tertiary/aromatic N) is 4. The molecule has 0 bridgehead atoms. The Morgan fingerprint density at radius 1 is 1.19 bits per heavy atom. The minimum atomic E-state index is 0.277. The molecule has 1 amide bonds. The number of hydrogen-bond donors (Lipinski definition) is 1. The summed E-state index contributed by atoms with van der Waals surface area (Å²) in [6.07, 6.45) is 3.40. The van der Waals surface area contributed by atoms with E-state index in [1.807, 2.05) is 17.0 Å². The molecule has 3 heterocycles. The van der Waals surface area contributed by atoms with E-state index in [4.69, 9.17) is 0 Å². The van der Waals surface area contributed by atoms with Crippen LogP contribution in [0.2, 0.25) is 0 Å². The van der Waals surface area contributed by atoms with Crippen LogP contribution in [0, 0.1) is 6.92 Å². The number of nitrogens with one attached hydrogen (secondary N) is 1. The Morgan fingerprint density at radius 2 is 2.00 bits per heavy atom. The maximum atomic E-state index is 12.6. The molecule has 0 saturated carbocycles. The van der Waals surface area contributed by atoms with Crippen LogP contribution in [0.15, 0.2) is 24.3 Å². The first-order valence-corrected chi connectivity index (χ1v) is 9.67. The second-order valence-electron chi connectivity index (χ2n) is 7.38. The third kappa shape index (κ3) is 3.51. The van der Waals surface area contributed by atoms with E-state index < -0.39 is 0 Å². The van der Waals surface area contributed by atoms with Crippen molar-refractivity contribution in [3.8, 4) is 0 Å². The lowest BCUT2D eigenvalue weighted by atomic mass is 9.95. The second-order valence-corrected chi connectivity index (χ2v) is 7.38. The molecule has 1 aromatic heterocycles. The largest absolute Gasteiger partial charge is 0.343 e. The number of carbonyl (C=O) groups excluding carboxylic acids is 1.